The predicted molar refractivity (Wildman–Crippen MR) is 148 cm³/mol. The van der Waals surface area contributed by atoms with E-state index in [-0.39, 0.29) is 29.2 Å². The van der Waals surface area contributed by atoms with Crippen LogP contribution in [0.25, 0.3) is 0 Å². The Morgan fingerprint density at radius 2 is 1.83 bits per heavy atom. The lowest BCUT2D eigenvalue weighted by molar-refractivity contribution is -0.139. The molecule has 4 rings (SSSR count). The van der Waals surface area contributed by atoms with E-state index in [0.29, 0.717) is 19.6 Å². The zero-order valence-electron chi connectivity index (χ0n) is 23.2. The molecule has 41 heavy (non-hydrogen) atoms. The molecular formula is C29H34ClF3N4O4. The Labute approximate surface area is 242 Å². The lowest BCUT2D eigenvalue weighted by Crippen LogP contribution is -2.70. The summed E-state index contributed by atoms with van der Waals surface area (Å²) in [6.07, 6.45) is -1.42. The normalized spacial score (nSPS) is 21.5. The second-order valence-electron chi connectivity index (χ2n) is 10.4. The average molecular weight is 595 g/mol. The first-order valence-electron chi connectivity index (χ1n) is 13.6. The molecule has 1 unspecified atom stereocenters. The van der Waals surface area contributed by atoms with Crippen LogP contribution in [0.4, 0.5) is 23.7 Å². The maximum absolute atomic E-state index is 14.9. The number of benzene rings is 2. The molecule has 2 fully saturated rings. The summed E-state index contributed by atoms with van der Waals surface area (Å²) < 4.78 is 46.9. The van der Waals surface area contributed by atoms with Gasteiger partial charge in [-0.05, 0) is 37.2 Å². The molecule has 0 bridgehead atoms. The molecule has 1 N–H and O–H groups in total. The quantitative estimate of drug-likeness (QED) is 0.464. The number of halogens is 4. The van der Waals surface area contributed by atoms with E-state index < -0.39 is 60.1 Å². The summed E-state index contributed by atoms with van der Waals surface area (Å²) in [7, 11) is 1.25. The minimum absolute atomic E-state index is 0.0413. The summed E-state index contributed by atoms with van der Waals surface area (Å²) >= 11 is 6.56. The highest BCUT2D eigenvalue weighted by Crippen LogP contribution is 2.40. The van der Waals surface area contributed by atoms with Gasteiger partial charge in [-0.2, -0.15) is 0 Å². The van der Waals surface area contributed by atoms with E-state index in [4.69, 9.17) is 16.3 Å². The molecule has 2 aromatic rings. The second kappa shape index (κ2) is 12.3. The molecule has 8 nitrogen and oxygen atoms in total. The second-order valence-corrected chi connectivity index (χ2v) is 10.8. The van der Waals surface area contributed by atoms with Crippen LogP contribution in [0.1, 0.15) is 44.7 Å². The first-order valence-corrected chi connectivity index (χ1v) is 13.9. The van der Waals surface area contributed by atoms with Gasteiger partial charge in [0.1, 0.15) is 17.4 Å². The molecule has 0 spiro atoms. The van der Waals surface area contributed by atoms with Crippen molar-refractivity contribution >= 4 is 35.2 Å². The van der Waals surface area contributed by atoms with Crippen LogP contribution in [0, 0.1) is 5.82 Å². The van der Waals surface area contributed by atoms with Crippen molar-refractivity contribution in [3.05, 3.63) is 64.9 Å². The van der Waals surface area contributed by atoms with Gasteiger partial charge in [-0.25, -0.2) is 18.0 Å². The number of carbonyl (C=O) groups is 3. The van der Waals surface area contributed by atoms with Crippen LogP contribution in [0.15, 0.2) is 48.5 Å². The van der Waals surface area contributed by atoms with Crippen LogP contribution in [-0.4, -0.2) is 78.5 Å². The van der Waals surface area contributed by atoms with Crippen LogP contribution in [0.5, 0.6) is 0 Å². The summed E-state index contributed by atoms with van der Waals surface area (Å²) in [5.74, 6) is -4.83. The number of likely N-dealkylation sites (N-methyl/N-ethyl adjacent to an activating group) is 1. The molecule has 2 aliphatic rings. The molecule has 1 saturated carbocycles. The van der Waals surface area contributed by atoms with Crippen molar-refractivity contribution in [3.63, 3.8) is 0 Å². The fraction of sp³-hybridized carbons (Fsp3) is 0.483. The number of rotatable bonds is 8. The van der Waals surface area contributed by atoms with Crippen LogP contribution < -0.4 is 10.2 Å². The molecule has 1 aliphatic carbocycles. The highest BCUT2D eigenvalue weighted by atomic mass is 35.5. The summed E-state index contributed by atoms with van der Waals surface area (Å²) in [5.41, 5.74) is -1.00. The van der Waals surface area contributed by atoms with Gasteiger partial charge in [0.25, 0.3) is 5.92 Å². The van der Waals surface area contributed by atoms with Gasteiger partial charge in [-0.15, -0.1) is 0 Å². The third-order valence-electron chi connectivity index (χ3n) is 7.94. The first kappa shape index (κ1) is 30.6. The number of anilines is 1. The molecule has 12 heteroatoms. The number of nitrogens with zero attached hydrogens (tertiary/aromatic N) is 3. The zero-order valence-corrected chi connectivity index (χ0v) is 24.0. The average Bonchev–Trinajstić information content (AvgIpc) is 2.94. The van der Waals surface area contributed by atoms with Crippen molar-refractivity contribution in [1.29, 1.82) is 0 Å². The fourth-order valence-corrected chi connectivity index (χ4v) is 6.00. The maximum Gasteiger partial charge on any atom is 0.409 e. The smallest absolute Gasteiger partial charge is 0.409 e. The highest BCUT2D eigenvalue weighted by Gasteiger charge is 2.53. The number of amides is 3. The third kappa shape index (κ3) is 6.16. The van der Waals surface area contributed by atoms with Gasteiger partial charge in [-0.3, -0.25) is 19.4 Å². The summed E-state index contributed by atoms with van der Waals surface area (Å²) in [6, 6.07) is 9.44. The van der Waals surface area contributed by atoms with Gasteiger partial charge < -0.3 is 15.0 Å². The highest BCUT2D eigenvalue weighted by molar-refractivity contribution is 6.31. The SMILES string of the molecule is CCN1CCN(C(=O)OC)CC1(CC)C(=O)N(c1cccc(F)c1)[C@H](C(=O)NC1CC(F)(F)C1)c1ccccc1Cl. The molecule has 1 saturated heterocycles. The summed E-state index contributed by atoms with van der Waals surface area (Å²) in [6.45, 7) is 4.76. The van der Waals surface area contributed by atoms with E-state index in [1.54, 1.807) is 31.2 Å². The van der Waals surface area contributed by atoms with E-state index in [2.05, 4.69) is 5.32 Å². The van der Waals surface area contributed by atoms with E-state index in [0.717, 1.165) is 6.07 Å². The van der Waals surface area contributed by atoms with Crippen molar-refractivity contribution in [1.82, 2.24) is 15.1 Å². The Bertz CT molecular complexity index is 1290. The number of ether oxygens (including phenoxy) is 1. The van der Waals surface area contributed by atoms with Crippen molar-refractivity contribution in [2.45, 2.75) is 56.7 Å². The molecule has 1 heterocycles. The number of nitrogens with one attached hydrogen (secondary N) is 1. The number of hydrogen-bond donors (Lipinski definition) is 1. The molecular weight excluding hydrogens is 561 g/mol. The monoisotopic (exact) mass is 594 g/mol. The largest absolute Gasteiger partial charge is 0.453 e. The predicted octanol–water partition coefficient (Wildman–Crippen LogP) is 5.02. The van der Waals surface area contributed by atoms with Crippen LogP contribution in [0.3, 0.4) is 0 Å². The maximum atomic E-state index is 14.9. The molecule has 2 aromatic carbocycles. The molecule has 3 amide bonds. The fourth-order valence-electron chi connectivity index (χ4n) is 5.76. The van der Waals surface area contributed by atoms with Crippen molar-refractivity contribution in [3.8, 4) is 0 Å². The van der Waals surface area contributed by atoms with Crippen LogP contribution in [0.2, 0.25) is 5.02 Å². The number of alkyl halides is 2. The zero-order chi connectivity index (χ0) is 29.9. The van der Waals surface area contributed by atoms with E-state index in [1.807, 2.05) is 11.8 Å². The van der Waals surface area contributed by atoms with E-state index >= 15 is 0 Å². The van der Waals surface area contributed by atoms with Gasteiger partial charge >= 0.3 is 6.09 Å². The van der Waals surface area contributed by atoms with Crippen molar-refractivity contribution < 1.29 is 32.3 Å². The van der Waals surface area contributed by atoms with Crippen molar-refractivity contribution in [2.24, 2.45) is 0 Å². The topological polar surface area (TPSA) is 82.2 Å². The minimum Gasteiger partial charge on any atom is -0.453 e. The van der Waals surface area contributed by atoms with Gasteiger partial charge in [0.15, 0.2) is 0 Å². The minimum atomic E-state index is -2.89. The lowest BCUT2D eigenvalue weighted by Gasteiger charge is -2.51. The molecule has 222 valence electrons. The Morgan fingerprint density at radius 1 is 1.12 bits per heavy atom. The van der Waals surface area contributed by atoms with E-state index in [9.17, 15) is 27.6 Å². The molecule has 0 radical (unpaired) electrons. The summed E-state index contributed by atoms with van der Waals surface area (Å²) in [4.78, 5) is 46.0. The first-order chi connectivity index (χ1) is 19.5. The molecule has 1 aliphatic heterocycles. The van der Waals surface area contributed by atoms with Crippen molar-refractivity contribution in [2.75, 3.05) is 38.2 Å². The Morgan fingerprint density at radius 3 is 2.41 bits per heavy atom. The number of methoxy groups -OCH3 is 1. The molecule has 0 aromatic heterocycles. The van der Waals surface area contributed by atoms with E-state index in [1.165, 1.54) is 35.1 Å². The summed E-state index contributed by atoms with van der Waals surface area (Å²) in [5, 5.41) is 2.81. The van der Waals surface area contributed by atoms with Gasteiger partial charge in [0.05, 0.1) is 13.7 Å². The van der Waals surface area contributed by atoms with Crippen LogP contribution in [-0.2, 0) is 14.3 Å². The molecule has 2 atom stereocenters. The third-order valence-corrected chi connectivity index (χ3v) is 8.29. The van der Waals surface area contributed by atoms with Gasteiger partial charge in [0.2, 0.25) is 11.8 Å². The number of carbonyl (C=O) groups excluding carboxylic acids is 3. The van der Waals surface area contributed by atoms with Crippen LogP contribution >= 0.6 is 11.6 Å². The standard InChI is InChI=1S/C29H34ClF3N4O4/c1-4-28(18-35(27(40)41-3)13-14-36(28)5-2)26(39)37(21-10-8-9-19(31)15-21)24(22-11-6-7-12-23(22)30)25(38)34-20-16-29(32,33)17-20/h6-12,15,20,24H,4-5,13-14,16-18H2,1-3H3,(H,34,38)/t24-,28?/m0/s1. The number of hydrogen-bond acceptors (Lipinski definition) is 5. The Kier molecular flexibility index (Phi) is 9.18. The number of piperazine rings is 1. The Balaban J connectivity index is 1.87. The lowest BCUT2D eigenvalue weighted by atomic mass is 9.86. The Hall–Kier alpha value is -3.31. The van der Waals surface area contributed by atoms with Gasteiger partial charge in [-0.1, -0.05) is 49.7 Å². The van der Waals surface area contributed by atoms with Gasteiger partial charge in [0, 0.05) is 48.2 Å².